The molecule has 0 saturated heterocycles. The predicted molar refractivity (Wildman–Crippen MR) is 67.3 cm³/mol. The van der Waals surface area contributed by atoms with Gasteiger partial charge in [-0.05, 0) is 12.1 Å². The first kappa shape index (κ1) is 12.1. The summed E-state index contributed by atoms with van der Waals surface area (Å²) in [5.74, 6) is 0.528. The molecule has 1 aromatic heterocycles. The van der Waals surface area contributed by atoms with E-state index in [1.807, 2.05) is 6.07 Å². The van der Waals surface area contributed by atoms with Gasteiger partial charge in [-0.15, -0.1) is 0 Å². The largest absolute Gasteiger partial charge is 0.481 e. The van der Waals surface area contributed by atoms with E-state index in [4.69, 9.17) is 22.1 Å². The normalized spacial score (nSPS) is 12.7. The van der Waals surface area contributed by atoms with Gasteiger partial charge in [0.1, 0.15) is 0 Å². The van der Waals surface area contributed by atoms with Crippen LogP contribution >= 0.6 is 11.6 Å². The third kappa shape index (κ3) is 2.20. The zero-order valence-electron chi connectivity index (χ0n) is 9.35. The van der Waals surface area contributed by atoms with E-state index < -0.39 is 6.10 Å². The number of benzene rings is 1. The Balaban J connectivity index is 2.60. The van der Waals surface area contributed by atoms with Gasteiger partial charge < -0.3 is 15.6 Å². The molecule has 4 nitrogen and oxygen atoms in total. The van der Waals surface area contributed by atoms with Gasteiger partial charge in [0.05, 0.1) is 23.8 Å². The molecule has 1 atom stereocenters. The van der Waals surface area contributed by atoms with E-state index in [-0.39, 0.29) is 6.54 Å². The summed E-state index contributed by atoms with van der Waals surface area (Å²) in [6.45, 7) is 0.134. The van der Waals surface area contributed by atoms with Crippen LogP contribution in [0.3, 0.4) is 0 Å². The molecule has 0 aliphatic rings. The van der Waals surface area contributed by atoms with Crippen molar-refractivity contribution in [3.8, 4) is 5.88 Å². The second-order valence-electron chi connectivity index (χ2n) is 3.64. The third-order valence-electron chi connectivity index (χ3n) is 2.60. The highest BCUT2D eigenvalue weighted by Crippen LogP contribution is 2.31. The molecule has 5 heteroatoms. The van der Waals surface area contributed by atoms with Crippen LogP contribution in [0.15, 0.2) is 24.3 Å². The van der Waals surface area contributed by atoms with Crippen LogP contribution in [0, 0.1) is 0 Å². The highest BCUT2D eigenvalue weighted by molar-refractivity contribution is 6.36. The van der Waals surface area contributed by atoms with E-state index in [1.54, 1.807) is 25.3 Å². The Morgan fingerprint density at radius 3 is 2.82 bits per heavy atom. The molecule has 1 unspecified atom stereocenters. The molecular weight excluding hydrogens is 240 g/mol. The standard InChI is InChI=1S/C12H13ClN2O2/c1-17-11-5-3-7-9(15-11)4-2-8(12(7)13)10(16)6-14/h2-5,10,16H,6,14H2,1H3. The number of pyridine rings is 1. The van der Waals surface area contributed by atoms with Crippen molar-refractivity contribution in [3.05, 3.63) is 34.9 Å². The number of hydrogen-bond acceptors (Lipinski definition) is 4. The molecular formula is C12H13ClN2O2. The maximum absolute atomic E-state index is 9.72. The van der Waals surface area contributed by atoms with Crippen LogP contribution in [0.1, 0.15) is 11.7 Å². The summed E-state index contributed by atoms with van der Waals surface area (Å²) in [4.78, 5) is 4.26. The molecule has 0 aliphatic heterocycles. The maximum Gasteiger partial charge on any atom is 0.213 e. The average Bonchev–Trinajstić information content (AvgIpc) is 2.38. The average molecular weight is 253 g/mol. The van der Waals surface area contributed by atoms with Crippen molar-refractivity contribution in [1.29, 1.82) is 0 Å². The SMILES string of the molecule is COc1ccc2c(Cl)c(C(O)CN)ccc2n1. The number of rotatable bonds is 3. The number of nitrogens with two attached hydrogens (primary N) is 1. The van der Waals surface area contributed by atoms with Gasteiger partial charge >= 0.3 is 0 Å². The number of hydrogen-bond donors (Lipinski definition) is 2. The molecule has 2 rings (SSSR count). The van der Waals surface area contributed by atoms with Gasteiger partial charge in [0.15, 0.2) is 0 Å². The number of nitrogens with zero attached hydrogens (tertiary/aromatic N) is 1. The maximum atomic E-state index is 9.72. The zero-order valence-corrected chi connectivity index (χ0v) is 10.1. The van der Waals surface area contributed by atoms with Gasteiger partial charge in [0, 0.05) is 23.6 Å². The summed E-state index contributed by atoms with van der Waals surface area (Å²) in [5, 5.41) is 11.0. The first-order valence-electron chi connectivity index (χ1n) is 5.18. The monoisotopic (exact) mass is 252 g/mol. The fourth-order valence-electron chi connectivity index (χ4n) is 1.66. The van der Waals surface area contributed by atoms with Crippen molar-refractivity contribution in [2.45, 2.75) is 6.10 Å². The second kappa shape index (κ2) is 4.87. The van der Waals surface area contributed by atoms with Crippen molar-refractivity contribution in [1.82, 2.24) is 4.98 Å². The lowest BCUT2D eigenvalue weighted by molar-refractivity contribution is 0.187. The molecule has 0 amide bonds. The zero-order chi connectivity index (χ0) is 12.4. The Bertz CT molecular complexity index is 545. The Morgan fingerprint density at radius 2 is 2.18 bits per heavy atom. The summed E-state index contributed by atoms with van der Waals surface area (Å²) < 4.78 is 5.04. The number of fused-ring (bicyclic) bond motifs is 1. The lowest BCUT2D eigenvalue weighted by Crippen LogP contribution is -2.12. The smallest absolute Gasteiger partial charge is 0.213 e. The van der Waals surface area contributed by atoms with E-state index in [9.17, 15) is 5.11 Å². The molecule has 17 heavy (non-hydrogen) atoms. The van der Waals surface area contributed by atoms with Gasteiger partial charge in [-0.25, -0.2) is 4.98 Å². The highest BCUT2D eigenvalue weighted by Gasteiger charge is 2.13. The highest BCUT2D eigenvalue weighted by atomic mass is 35.5. The minimum absolute atomic E-state index is 0.134. The third-order valence-corrected chi connectivity index (χ3v) is 3.02. The van der Waals surface area contributed by atoms with Gasteiger partial charge in [-0.1, -0.05) is 17.7 Å². The molecule has 1 aromatic carbocycles. The van der Waals surface area contributed by atoms with Gasteiger partial charge in [-0.2, -0.15) is 0 Å². The summed E-state index contributed by atoms with van der Waals surface area (Å²) in [6.07, 6.45) is -0.756. The Morgan fingerprint density at radius 1 is 1.41 bits per heavy atom. The van der Waals surface area contributed by atoms with Crippen LogP contribution in [0.25, 0.3) is 10.9 Å². The molecule has 0 fully saturated rings. The fraction of sp³-hybridized carbons (Fsp3) is 0.250. The molecule has 0 saturated carbocycles. The number of halogens is 1. The molecule has 90 valence electrons. The van der Waals surface area contributed by atoms with Crippen LogP contribution in [-0.2, 0) is 0 Å². The van der Waals surface area contributed by atoms with Crippen molar-refractivity contribution < 1.29 is 9.84 Å². The first-order chi connectivity index (χ1) is 8.17. The second-order valence-corrected chi connectivity index (χ2v) is 4.02. The Labute approximate surface area is 104 Å². The lowest BCUT2D eigenvalue weighted by Gasteiger charge is -2.12. The molecule has 1 heterocycles. The van der Waals surface area contributed by atoms with E-state index in [0.717, 1.165) is 10.9 Å². The van der Waals surface area contributed by atoms with Crippen molar-refractivity contribution in [3.63, 3.8) is 0 Å². The number of aliphatic hydroxyl groups is 1. The first-order valence-corrected chi connectivity index (χ1v) is 5.56. The fourth-order valence-corrected chi connectivity index (χ4v) is 2.01. The predicted octanol–water partition coefficient (Wildman–Crippen LogP) is 1.89. The summed E-state index contributed by atoms with van der Waals surface area (Å²) >= 11 is 6.21. The van der Waals surface area contributed by atoms with Gasteiger partial charge in [-0.3, -0.25) is 0 Å². The quantitative estimate of drug-likeness (QED) is 0.875. The summed E-state index contributed by atoms with van der Waals surface area (Å²) in [6, 6.07) is 7.07. The lowest BCUT2D eigenvalue weighted by atomic mass is 10.1. The van der Waals surface area contributed by atoms with Gasteiger partial charge in [0.2, 0.25) is 5.88 Å². The van der Waals surface area contributed by atoms with Crippen molar-refractivity contribution in [2.75, 3.05) is 13.7 Å². The molecule has 0 aliphatic carbocycles. The number of aromatic nitrogens is 1. The molecule has 0 spiro atoms. The van der Waals surface area contributed by atoms with Gasteiger partial charge in [0.25, 0.3) is 0 Å². The number of aliphatic hydroxyl groups excluding tert-OH is 1. The van der Waals surface area contributed by atoms with Crippen LogP contribution in [-0.4, -0.2) is 23.7 Å². The molecule has 0 bridgehead atoms. The van der Waals surface area contributed by atoms with Crippen LogP contribution < -0.4 is 10.5 Å². The molecule has 3 N–H and O–H groups in total. The molecule has 0 radical (unpaired) electrons. The Hall–Kier alpha value is -1.36. The van der Waals surface area contributed by atoms with Crippen LogP contribution in [0.5, 0.6) is 5.88 Å². The van der Waals surface area contributed by atoms with E-state index in [0.29, 0.717) is 16.5 Å². The Kier molecular flexibility index (Phi) is 3.47. The summed E-state index contributed by atoms with van der Waals surface area (Å²) in [7, 11) is 1.56. The van der Waals surface area contributed by atoms with Crippen LogP contribution in [0.4, 0.5) is 0 Å². The van der Waals surface area contributed by atoms with E-state index in [2.05, 4.69) is 4.98 Å². The van der Waals surface area contributed by atoms with E-state index in [1.165, 1.54) is 0 Å². The van der Waals surface area contributed by atoms with Crippen molar-refractivity contribution in [2.24, 2.45) is 5.73 Å². The minimum Gasteiger partial charge on any atom is -0.481 e. The number of methoxy groups -OCH3 is 1. The molecule has 2 aromatic rings. The van der Waals surface area contributed by atoms with Crippen molar-refractivity contribution >= 4 is 22.5 Å². The number of ether oxygens (including phenoxy) is 1. The summed E-state index contributed by atoms with van der Waals surface area (Å²) in [5.41, 5.74) is 6.76. The van der Waals surface area contributed by atoms with E-state index >= 15 is 0 Å². The topological polar surface area (TPSA) is 68.4 Å². The van der Waals surface area contributed by atoms with Crippen LogP contribution in [0.2, 0.25) is 5.02 Å². The minimum atomic E-state index is -0.756.